The van der Waals surface area contributed by atoms with E-state index < -0.39 is 24.7 Å². The lowest BCUT2D eigenvalue weighted by atomic mass is 10.1. The molecule has 146 valence electrons. The van der Waals surface area contributed by atoms with Gasteiger partial charge in [-0.3, -0.25) is 9.59 Å². The van der Waals surface area contributed by atoms with Gasteiger partial charge in [0, 0.05) is 18.0 Å². The Labute approximate surface area is 154 Å². The molecule has 1 atom stereocenters. The molecule has 0 saturated heterocycles. The Morgan fingerprint density at radius 1 is 1.30 bits per heavy atom. The summed E-state index contributed by atoms with van der Waals surface area (Å²) < 4.78 is 40.6. The van der Waals surface area contributed by atoms with E-state index >= 15 is 0 Å². The quantitative estimate of drug-likeness (QED) is 0.768. The lowest BCUT2D eigenvalue weighted by Gasteiger charge is -2.30. The molecule has 1 heterocycles. The van der Waals surface area contributed by atoms with E-state index in [-0.39, 0.29) is 27.9 Å². The summed E-state index contributed by atoms with van der Waals surface area (Å²) in [5.74, 6) is -0.711. The topological polar surface area (TPSA) is 55.2 Å². The maximum Gasteiger partial charge on any atom is 0.406 e. The fraction of sp³-hybridized carbons (Fsp3) is 0.526. The number of alkyl halides is 3. The lowest BCUT2D eigenvalue weighted by molar-refractivity contribution is -0.144. The molecule has 5 nitrogen and oxygen atoms in total. The molecule has 1 aliphatic rings. The summed E-state index contributed by atoms with van der Waals surface area (Å²) >= 11 is 0. The van der Waals surface area contributed by atoms with Gasteiger partial charge >= 0.3 is 6.18 Å². The zero-order valence-electron chi connectivity index (χ0n) is 15.3. The van der Waals surface area contributed by atoms with Crippen LogP contribution in [0.15, 0.2) is 29.1 Å². The zero-order valence-corrected chi connectivity index (χ0v) is 15.3. The third kappa shape index (κ3) is 4.14. The van der Waals surface area contributed by atoms with Crippen molar-refractivity contribution in [3.63, 3.8) is 0 Å². The van der Waals surface area contributed by atoms with Gasteiger partial charge in [0.1, 0.15) is 6.54 Å². The number of carbonyl (C=O) groups excluding carboxylic acids is 1. The zero-order chi connectivity index (χ0) is 19.8. The van der Waals surface area contributed by atoms with Crippen molar-refractivity contribution >= 4 is 16.7 Å². The van der Waals surface area contributed by atoms with Gasteiger partial charge < -0.3 is 4.90 Å². The van der Waals surface area contributed by atoms with Crippen molar-refractivity contribution in [3.8, 4) is 0 Å². The molecule has 0 aliphatic heterocycles. The number of hydrogen-bond acceptors (Lipinski definition) is 3. The van der Waals surface area contributed by atoms with Crippen molar-refractivity contribution in [1.29, 1.82) is 0 Å². The first-order chi connectivity index (χ1) is 12.7. The molecular formula is C19H22F3N3O2. The lowest BCUT2D eigenvalue weighted by Crippen LogP contribution is -2.46. The number of rotatable bonds is 6. The van der Waals surface area contributed by atoms with Gasteiger partial charge in [-0.2, -0.15) is 18.3 Å². The van der Waals surface area contributed by atoms with Crippen LogP contribution < -0.4 is 5.56 Å². The van der Waals surface area contributed by atoms with Crippen molar-refractivity contribution in [2.45, 2.75) is 51.9 Å². The second kappa shape index (κ2) is 7.32. The summed E-state index contributed by atoms with van der Waals surface area (Å²) in [5, 5.41) is 4.72. The molecule has 3 rings (SSSR count). The molecule has 0 spiro atoms. The standard InChI is InChI=1S/C19H22F3N3O2/c1-3-10-25-17(26)15-7-5-4-6-14(15)16(23-25)18(27)24(11-19(20,21)22)12(2)13-8-9-13/h4-7,12-13H,3,8-11H2,1-2H3/t12-/m0/s1. The van der Waals surface area contributed by atoms with E-state index in [1.54, 1.807) is 31.2 Å². The number of nitrogens with zero attached hydrogens (tertiary/aromatic N) is 3. The Morgan fingerprint density at radius 3 is 2.48 bits per heavy atom. The average molecular weight is 381 g/mol. The van der Waals surface area contributed by atoms with Crippen LogP contribution in [-0.2, 0) is 6.54 Å². The Hall–Kier alpha value is -2.38. The third-order valence-electron chi connectivity index (χ3n) is 4.91. The van der Waals surface area contributed by atoms with Crippen molar-refractivity contribution in [2.24, 2.45) is 5.92 Å². The molecule has 0 radical (unpaired) electrons. The van der Waals surface area contributed by atoms with Crippen LogP contribution in [0, 0.1) is 5.92 Å². The van der Waals surface area contributed by atoms with E-state index in [4.69, 9.17) is 0 Å². The summed E-state index contributed by atoms with van der Waals surface area (Å²) in [6, 6.07) is 5.89. The van der Waals surface area contributed by atoms with Gasteiger partial charge in [-0.15, -0.1) is 0 Å². The van der Waals surface area contributed by atoms with Crippen molar-refractivity contribution in [1.82, 2.24) is 14.7 Å². The predicted octanol–water partition coefficient (Wildman–Crippen LogP) is 3.61. The molecule has 1 fully saturated rings. The number of halogens is 3. The van der Waals surface area contributed by atoms with E-state index in [2.05, 4.69) is 5.10 Å². The largest absolute Gasteiger partial charge is 0.406 e. The first kappa shape index (κ1) is 19.4. The van der Waals surface area contributed by atoms with Gasteiger partial charge in [0.15, 0.2) is 5.69 Å². The molecular weight excluding hydrogens is 359 g/mol. The van der Waals surface area contributed by atoms with Gasteiger partial charge in [-0.05, 0) is 38.2 Å². The molecule has 1 aliphatic carbocycles. The van der Waals surface area contributed by atoms with Crippen LogP contribution >= 0.6 is 0 Å². The second-order valence-electron chi connectivity index (χ2n) is 7.05. The van der Waals surface area contributed by atoms with Crippen LogP contribution in [0.25, 0.3) is 10.8 Å². The summed E-state index contributed by atoms with van der Waals surface area (Å²) in [4.78, 5) is 26.5. The van der Waals surface area contributed by atoms with Gasteiger partial charge in [0.25, 0.3) is 11.5 Å². The molecule has 0 N–H and O–H groups in total. The summed E-state index contributed by atoms with van der Waals surface area (Å²) in [6.07, 6.45) is -2.27. The SMILES string of the molecule is CCCn1nc(C(=O)N(CC(F)(F)F)[C@@H](C)C2CC2)c2ccccc2c1=O. The smallest absolute Gasteiger partial charge is 0.325 e. The van der Waals surface area contributed by atoms with Gasteiger partial charge in [0.05, 0.1) is 5.39 Å². The predicted molar refractivity (Wildman–Crippen MR) is 95.6 cm³/mol. The molecule has 0 unspecified atom stereocenters. The van der Waals surface area contributed by atoms with Crippen LogP contribution in [0.2, 0.25) is 0 Å². The Morgan fingerprint density at radius 2 is 1.93 bits per heavy atom. The van der Waals surface area contributed by atoms with Crippen LogP contribution in [-0.4, -0.2) is 39.4 Å². The molecule has 0 bridgehead atoms. The normalized spacial score (nSPS) is 15.7. The van der Waals surface area contributed by atoms with E-state index in [0.717, 1.165) is 17.7 Å². The van der Waals surface area contributed by atoms with Crippen molar-refractivity contribution in [3.05, 3.63) is 40.3 Å². The first-order valence-corrected chi connectivity index (χ1v) is 9.10. The average Bonchev–Trinajstić information content (AvgIpc) is 3.45. The number of benzene rings is 1. The molecule has 1 saturated carbocycles. The van der Waals surface area contributed by atoms with Gasteiger partial charge in [-0.25, -0.2) is 4.68 Å². The molecule has 1 aromatic carbocycles. The van der Waals surface area contributed by atoms with E-state index in [0.29, 0.717) is 13.0 Å². The van der Waals surface area contributed by atoms with Crippen molar-refractivity contribution < 1.29 is 18.0 Å². The maximum atomic E-state index is 13.1. The van der Waals surface area contributed by atoms with E-state index in [1.165, 1.54) is 4.68 Å². The molecule has 2 aromatic rings. The van der Waals surface area contributed by atoms with Gasteiger partial charge in [0.2, 0.25) is 0 Å². The highest BCUT2D eigenvalue weighted by Gasteiger charge is 2.41. The Balaban J connectivity index is 2.11. The highest BCUT2D eigenvalue weighted by molar-refractivity contribution is 6.04. The summed E-state index contributed by atoms with van der Waals surface area (Å²) in [7, 11) is 0. The second-order valence-corrected chi connectivity index (χ2v) is 7.05. The van der Waals surface area contributed by atoms with Crippen LogP contribution in [0.3, 0.4) is 0 Å². The number of hydrogen-bond donors (Lipinski definition) is 0. The Kier molecular flexibility index (Phi) is 5.26. The monoisotopic (exact) mass is 381 g/mol. The van der Waals surface area contributed by atoms with E-state index in [1.807, 2.05) is 6.92 Å². The number of carbonyl (C=O) groups is 1. The van der Waals surface area contributed by atoms with E-state index in [9.17, 15) is 22.8 Å². The minimum atomic E-state index is -4.51. The minimum Gasteiger partial charge on any atom is -0.325 e. The summed E-state index contributed by atoms with van der Waals surface area (Å²) in [6.45, 7) is 2.47. The van der Waals surface area contributed by atoms with Crippen LogP contribution in [0.4, 0.5) is 13.2 Å². The number of aryl methyl sites for hydroxylation is 1. The van der Waals surface area contributed by atoms with Crippen LogP contribution in [0.1, 0.15) is 43.6 Å². The number of amides is 1. The first-order valence-electron chi connectivity index (χ1n) is 9.10. The number of aromatic nitrogens is 2. The third-order valence-corrected chi connectivity index (χ3v) is 4.91. The van der Waals surface area contributed by atoms with Crippen molar-refractivity contribution in [2.75, 3.05) is 6.54 Å². The highest BCUT2D eigenvalue weighted by atomic mass is 19.4. The molecule has 8 heteroatoms. The minimum absolute atomic E-state index is 0.0733. The molecule has 1 amide bonds. The maximum absolute atomic E-state index is 13.1. The fourth-order valence-electron chi connectivity index (χ4n) is 3.32. The van der Waals surface area contributed by atoms with Gasteiger partial charge in [-0.1, -0.05) is 25.1 Å². The molecule has 1 aromatic heterocycles. The summed E-state index contributed by atoms with van der Waals surface area (Å²) in [5.41, 5.74) is -0.447. The number of fused-ring (bicyclic) bond motifs is 1. The fourth-order valence-corrected chi connectivity index (χ4v) is 3.32. The Bertz CT molecular complexity index is 903. The van der Waals surface area contributed by atoms with Crippen LogP contribution in [0.5, 0.6) is 0 Å². The highest BCUT2D eigenvalue weighted by Crippen LogP contribution is 2.37. The molecule has 27 heavy (non-hydrogen) atoms.